The lowest BCUT2D eigenvalue weighted by Gasteiger charge is -2.18. The summed E-state index contributed by atoms with van der Waals surface area (Å²) >= 11 is 0. The molecule has 0 bridgehead atoms. The van der Waals surface area contributed by atoms with Crippen molar-refractivity contribution < 1.29 is 9.53 Å². The van der Waals surface area contributed by atoms with Crippen LogP contribution in [0, 0.1) is 0 Å². The highest BCUT2D eigenvalue weighted by atomic mass is 16.5. The molecule has 0 fully saturated rings. The van der Waals surface area contributed by atoms with Gasteiger partial charge in [0.25, 0.3) is 0 Å². The van der Waals surface area contributed by atoms with Gasteiger partial charge in [0.1, 0.15) is 0 Å². The first-order valence-electron chi connectivity index (χ1n) is 4.66. The van der Waals surface area contributed by atoms with E-state index >= 15 is 0 Å². The normalized spacial score (nSPS) is 15.1. The number of amides is 1. The van der Waals surface area contributed by atoms with Crippen molar-refractivity contribution in [2.24, 2.45) is 5.73 Å². The van der Waals surface area contributed by atoms with E-state index in [1.54, 1.807) is 14.0 Å². The van der Waals surface area contributed by atoms with Crippen molar-refractivity contribution in [3.05, 3.63) is 0 Å². The number of hydrogen-bond donors (Lipinski definition) is 2. The summed E-state index contributed by atoms with van der Waals surface area (Å²) in [7, 11) is 1.63. The minimum atomic E-state index is -0.448. The topological polar surface area (TPSA) is 64.3 Å². The Morgan fingerprint density at radius 2 is 2.23 bits per heavy atom. The summed E-state index contributed by atoms with van der Waals surface area (Å²) in [6.07, 6.45) is 1.94. The van der Waals surface area contributed by atoms with Crippen molar-refractivity contribution in [3.8, 4) is 0 Å². The van der Waals surface area contributed by atoms with Crippen LogP contribution in [-0.4, -0.2) is 31.7 Å². The molecule has 0 aliphatic rings. The Hall–Kier alpha value is -0.610. The van der Waals surface area contributed by atoms with Gasteiger partial charge in [0.15, 0.2) is 0 Å². The van der Waals surface area contributed by atoms with Crippen LogP contribution in [0.3, 0.4) is 0 Å². The first-order chi connectivity index (χ1) is 6.11. The molecule has 3 N–H and O–H groups in total. The molecule has 0 aromatic heterocycles. The zero-order chi connectivity index (χ0) is 10.3. The van der Waals surface area contributed by atoms with Gasteiger partial charge >= 0.3 is 0 Å². The third-order valence-electron chi connectivity index (χ3n) is 1.76. The molecule has 0 rings (SSSR count). The molecule has 0 heterocycles. The van der Waals surface area contributed by atoms with Gasteiger partial charge in [-0.25, -0.2) is 0 Å². The number of carbonyl (C=O) groups is 1. The van der Waals surface area contributed by atoms with E-state index in [1.165, 1.54) is 0 Å². The summed E-state index contributed by atoms with van der Waals surface area (Å²) in [4.78, 5) is 11.2. The molecule has 0 saturated heterocycles. The lowest BCUT2D eigenvalue weighted by atomic mass is 10.1. The summed E-state index contributed by atoms with van der Waals surface area (Å²) in [6, 6.07) is -0.357. The van der Waals surface area contributed by atoms with Gasteiger partial charge in [-0.3, -0.25) is 4.79 Å². The van der Waals surface area contributed by atoms with E-state index in [4.69, 9.17) is 10.5 Å². The number of ether oxygens (including phenoxy) is 1. The van der Waals surface area contributed by atoms with Crippen LogP contribution in [-0.2, 0) is 9.53 Å². The van der Waals surface area contributed by atoms with Gasteiger partial charge in [-0.15, -0.1) is 0 Å². The van der Waals surface area contributed by atoms with E-state index in [1.807, 2.05) is 0 Å². The minimum absolute atomic E-state index is 0.0912. The third kappa shape index (κ3) is 5.60. The van der Waals surface area contributed by atoms with Crippen LogP contribution in [0.2, 0.25) is 0 Å². The van der Waals surface area contributed by atoms with Crippen LogP contribution in [0.4, 0.5) is 0 Å². The van der Waals surface area contributed by atoms with Crippen molar-refractivity contribution in [2.75, 3.05) is 13.7 Å². The van der Waals surface area contributed by atoms with E-state index < -0.39 is 6.04 Å². The fraction of sp³-hybridized carbons (Fsp3) is 0.889. The Balaban J connectivity index is 3.86. The maximum Gasteiger partial charge on any atom is 0.236 e. The van der Waals surface area contributed by atoms with Crippen molar-refractivity contribution in [2.45, 2.75) is 38.8 Å². The number of nitrogens with one attached hydrogen (secondary N) is 1. The van der Waals surface area contributed by atoms with Gasteiger partial charge in [0.05, 0.1) is 18.7 Å². The highest BCUT2D eigenvalue weighted by Gasteiger charge is 2.13. The Kier molecular flexibility index (Phi) is 6.54. The van der Waals surface area contributed by atoms with Crippen LogP contribution < -0.4 is 11.1 Å². The molecule has 13 heavy (non-hydrogen) atoms. The zero-order valence-corrected chi connectivity index (χ0v) is 8.67. The predicted molar refractivity (Wildman–Crippen MR) is 52.4 cm³/mol. The first-order valence-corrected chi connectivity index (χ1v) is 4.66. The fourth-order valence-electron chi connectivity index (χ4n) is 1.08. The molecule has 78 valence electrons. The number of carbonyl (C=O) groups excluding carboxylic acids is 1. The molecule has 0 radical (unpaired) electrons. The molecule has 4 heteroatoms. The molecule has 2 atom stereocenters. The van der Waals surface area contributed by atoms with E-state index in [2.05, 4.69) is 12.2 Å². The van der Waals surface area contributed by atoms with Crippen molar-refractivity contribution >= 4 is 5.91 Å². The Bertz CT molecular complexity index is 143. The van der Waals surface area contributed by atoms with Crippen LogP contribution >= 0.6 is 0 Å². The molecular weight excluding hydrogens is 168 g/mol. The van der Waals surface area contributed by atoms with E-state index in [9.17, 15) is 4.79 Å². The second-order valence-corrected chi connectivity index (χ2v) is 3.24. The standard InChI is InChI=1S/C9H20N2O2/c1-4-5-8(6-13-3)11-9(12)7(2)10/h7-8H,4-6,10H2,1-3H3,(H,11,12)/t7-,8?/m0/s1. The minimum Gasteiger partial charge on any atom is -0.383 e. The smallest absolute Gasteiger partial charge is 0.236 e. The van der Waals surface area contributed by atoms with Gasteiger partial charge < -0.3 is 15.8 Å². The number of nitrogens with two attached hydrogens (primary N) is 1. The molecule has 1 amide bonds. The molecular formula is C9H20N2O2. The lowest BCUT2D eigenvalue weighted by molar-refractivity contribution is -0.123. The lowest BCUT2D eigenvalue weighted by Crippen LogP contribution is -2.45. The maximum absolute atomic E-state index is 11.2. The Labute approximate surface area is 79.8 Å². The first kappa shape index (κ1) is 12.4. The van der Waals surface area contributed by atoms with Gasteiger partial charge in [0, 0.05) is 7.11 Å². The molecule has 0 aliphatic carbocycles. The Morgan fingerprint density at radius 1 is 1.62 bits per heavy atom. The second kappa shape index (κ2) is 6.86. The summed E-state index contributed by atoms with van der Waals surface area (Å²) in [5, 5.41) is 2.83. The Morgan fingerprint density at radius 3 is 2.62 bits per heavy atom. The predicted octanol–water partition coefficient (Wildman–Crippen LogP) is 0.265. The van der Waals surface area contributed by atoms with Gasteiger partial charge in [-0.05, 0) is 13.3 Å². The zero-order valence-electron chi connectivity index (χ0n) is 8.67. The SMILES string of the molecule is CCCC(COC)NC(=O)[C@H](C)N. The number of hydrogen-bond acceptors (Lipinski definition) is 3. The summed E-state index contributed by atoms with van der Waals surface area (Å²) in [6.45, 7) is 4.29. The maximum atomic E-state index is 11.2. The third-order valence-corrected chi connectivity index (χ3v) is 1.76. The van der Waals surface area contributed by atoms with Crippen LogP contribution in [0.5, 0.6) is 0 Å². The highest BCUT2D eigenvalue weighted by molar-refractivity contribution is 5.81. The molecule has 1 unspecified atom stereocenters. The van der Waals surface area contributed by atoms with Crippen molar-refractivity contribution in [3.63, 3.8) is 0 Å². The summed E-state index contributed by atoms with van der Waals surface area (Å²) in [5.41, 5.74) is 5.42. The monoisotopic (exact) mass is 188 g/mol. The number of methoxy groups -OCH3 is 1. The van der Waals surface area contributed by atoms with Crippen molar-refractivity contribution in [1.29, 1.82) is 0 Å². The quantitative estimate of drug-likeness (QED) is 0.628. The average Bonchev–Trinajstić information content (AvgIpc) is 2.05. The van der Waals surface area contributed by atoms with Crippen LogP contribution in [0.15, 0.2) is 0 Å². The highest BCUT2D eigenvalue weighted by Crippen LogP contribution is 1.97. The molecule has 0 aliphatic heterocycles. The van der Waals surface area contributed by atoms with E-state index in [0.29, 0.717) is 6.61 Å². The van der Waals surface area contributed by atoms with Crippen LogP contribution in [0.25, 0.3) is 0 Å². The van der Waals surface area contributed by atoms with Crippen LogP contribution in [0.1, 0.15) is 26.7 Å². The van der Waals surface area contributed by atoms with E-state index in [-0.39, 0.29) is 11.9 Å². The fourth-order valence-corrected chi connectivity index (χ4v) is 1.08. The molecule has 0 saturated carbocycles. The number of rotatable bonds is 6. The van der Waals surface area contributed by atoms with Gasteiger partial charge in [-0.2, -0.15) is 0 Å². The second-order valence-electron chi connectivity index (χ2n) is 3.24. The van der Waals surface area contributed by atoms with Gasteiger partial charge in [-0.1, -0.05) is 13.3 Å². The van der Waals surface area contributed by atoms with E-state index in [0.717, 1.165) is 12.8 Å². The largest absolute Gasteiger partial charge is 0.383 e. The molecule has 0 spiro atoms. The average molecular weight is 188 g/mol. The molecule has 0 aromatic rings. The molecule has 4 nitrogen and oxygen atoms in total. The van der Waals surface area contributed by atoms with Crippen molar-refractivity contribution in [1.82, 2.24) is 5.32 Å². The molecule has 0 aromatic carbocycles. The van der Waals surface area contributed by atoms with Gasteiger partial charge in [0.2, 0.25) is 5.91 Å². The summed E-state index contributed by atoms with van der Waals surface area (Å²) < 4.78 is 4.98. The summed E-state index contributed by atoms with van der Waals surface area (Å²) in [5.74, 6) is -0.115.